The molecule has 0 fully saturated rings. The highest BCUT2D eigenvalue weighted by atomic mass is 32.1. The van der Waals surface area contributed by atoms with E-state index in [1.54, 1.807) is 23.6 Å². The van der Waals surface area contributed by atoms with Crippen LogP contribution in [0.15, 0.2) is 12.3 Å². The molecule has 106 valence electrons. The van der Waals surface area contributed by atoms with Gasteiger partial charge in [-0.25, -0.2) is 9.78 Å². The lowest BCUT2D eigenvalue weighted by Crippen LogP contribution is -2.02. The number of hydrogen-bond acceptors (Lipinski definition) is 4. The quantitative estimate of drug-likeness (QED) is 0.383. The Bertz CT molecular complexity index is 399. The Hall–Kier alpha value is -1.16. The van der Waals surface area contributed by atoms with E-state index in [1.807, 2.05) is 6.92 Å². The first-order chi connectivity index (χ1) is 9.22. The Balaban J connectivity index is 2.06. The molecule has 4 heteroatoms. The molecule has 19 heavy (non-hydrogen) atoms. The van der Waals surface area contributed by atoms with E-state index in [0.29, 0.717) is 6.61 Å². The van der Waals surface area contributed by atoms with Gasteiger partial charge in [0.15, 0.2) is 0 Å². The lowest BCUT2D eigenvalue weighted by Gasteiger charge is -2.01. The maximum Gasteiger partial charge on any atom is 0.330 e. The minimum atomic E-state index is -0.264. The predicted molar refractivity (Wildman–Crippen MR) is 80.2 cm³/mol. The minimum Gasteiger partial charge on any atom is -0.463 e. The fourth-order valence-electron chi connectivity index (χ4n) is 1.71. The monoisotopic (exact) mass is 281 g/mol. The number of nitrogens with zero attached hydrogens (tertiary/aromatic N) is 1. The van der Waals surface area contributed by atoms with E-state index in [1.165, 1.54) is 31.8 Å². The smallest absolute Gasteiger partial charge is 0.330 e. The van der Waals surface area contributed by atoms with Crippen LogP contribution in [0.1, 0.15) is 55.3 Å². The topological polar surface area (TPSA) is 39.2 Å². The van der Waals surface area contributed by atoms with Gasteiger partial charge in [-0.2, -0.15) is 0 Å². The molecule has 3 nitrogen and oxygen atoms in total. The Kier molecular flexibility index (Phi) is 8.14. The first-order valence-electron chi connectivity index (χ1n) is 6.99. The summed E-state index contributed by atoms with van der Waals surface area (Å²) in [5, 5.41) is 1.00. The van der Waals surface area contributed by atoms with E-state index in [9.17, 15) is 4.79 Å². The van der Waals surface area contributed by atoms with Gasteiger partial charge in [0.05, 0.1) is 11.6 Å². The highest BCUT2D eigenvalue weighted by Gasteiger charge is 1.98. The first kappa shape index (κ1) is 15.9. The van der Waals surface area contributed by atoms with Gasteiger partial charge in [0.25, 0.3) is 0 Å². The average Bonchev–Trinajstić information content (AvgIpc) is 2.81. The molecule has 0 aliphatic heterocycles. The number of carbonyl (C=O) groups excluding carboxylic acids is 1. The molecule has 1 aromatic heterocycles. The molecule has 0 spiro atoms. The van der Waals surface area contributed by atoms with Crippen molar-refractivity contribution in [3.05, 3.63) is 22.2 Å². The van der Waals surface area contributed by atoms with Gasteiger partial charge < -0.3 is 4.74 Å². The van der Waals surface area contributed by atoms with Crippen LogP contribution in [0.25, 0.3) is 6.08 Å². The van der Waals surface area contributed by atoms with Gasteiger partial charge in [-0.3, -0.25) is 0 Å². The van der Waals surface area contributed by atoms with E-state index in [4.69, 9.17) is 4.74 Å². The van der Waals surface area contributed by atoms with Crippen molar-refractivity contribution in [2.24, 2.45) is 0 Å². The van der Waals surface area contributed by atoms with Crippen LogP contribution < -0.4 is 0 Å². The largest absolute Gasteiger partial charge is 0.463 e. The summed E-state index contributed by atoms with van der Waals surface area (Å²) >= 11 is 1.56. The zero-order valence-electron chi connectivity index (χ0n) is 11.9. The highest BCUT2D eigenvalue weighted by molar-refractivity contribution is 7.12. The summed E-state index contributed by atoms with van der Waals surface area (Å²) in [5.74, 6) is -0.264. The number of ether oxygens (including phenoxy) is 1. The molecule has 0 amide bonds. The molecular formula is C15H23NO2S. The summed E-state index contributed by atoms with van der Waals surface area (Å²) in [5.41, 5.74) is 0. The standard InChI is InChI=1S/C15H23NO2S/c1-3-4-5-6-7-8-11-18-15(17)10-9-14-12-16-13(2)19-14/h9-10,12H,3-8,11H2,1-2H3/b10-9+. The van der Waals surface area contributed by atoms with Crippen LogP contribution >= 0.6 is 11.3 Å². The molecule has 0 unspecified atom stereocenters. The van der Waals surface area contributed by atoms with E-state index < -0.39 is 0 Å². The van der Waals surface area contributed by atoms with Crippen LogP contribution in [-0.2, 0) is 9.53 Å². The van der Waals surface area contributed by atoms with E-state index in [0.717, 1.165) is 22.7 Å². The van der Waals surface area contributed by atoms with Crippen LogP contribution in [0.3, 0.4) is 0 Å². The van der Waals surface area contributed by atoms with E-state index in [-0.39, 0.29) is 5.97 Å². The van der Waals surface area contributed by atoms with Gasteiger partial charge in [0, 0.05) is 17.2 Å². The molecule has 0 saturated carbocycles. The number of aromatic nitrogens is 1. The van der Waals surface area contributed by atoms with E-state index >= 15 is 0 Å². The Morgan fingerprint density at radius 1 is 1.32 bits per heavy atom. The first-order valence-corrected chi connectivity index (χ1v) is 7.81. The van der Waals surface area contributed by atoms with Crippen LogP contribution in [0.4, 0.5) is 0 Å². The predicted octanol–water partition coefficient (Wildman–Crippen LogP) is 4.37. The van der Waals surface area contributed by atoms with Crippen molar-refractivity contribution in [3.63, 3.8) is 0 Å². The molecule has 0 N–H and O–H groups in total. The molecular weight excluding hydrogens is 258 g/mol. The number of hydrogen-bond donors (Lipinski definition) is 0. The number of unbranched alkanes of at least 4 members (excludes halogenated alkanes) is 5. The fraction of sp³-hybridized carbons (Fsp3) is 0.600. The van der Waals surface area contributed by atoms with Crippen LogP contribution in [-0.4, -0.2) is 17.6 Å². The van der Waals surface area contributed by atoms with Gasteiger partial charge in [0.1, 0.15) is 0 Å². The zero-order chi connectivity index (χ0) is 13.9. The second kappa shape index (κ2) is 9.73. The lowest BCUT2D eigenvalue weighted by molar-refractivity contribution is -0.137. The third kappa shape index (κ3) is 7.78. The maximum atomic E-state index is 11.4. The number of esters is 1. The van der Waals surface area contributed by atoms with Gasteiger partial charge in [0.2, 0.25) is 0 Å². The summed E-state index contributed by atoms with van der Waals surface area (Å²) in [6.45, 7) is 4.68. The van der Waals surface area contributed by atoms with Crippen molar-refractivity contribution in [2.45, 2.75) is 52.4 Å². The van der Waals surface area contributed by atoms with E-state index in [2.05, 4.69) is 11.9 Å². The van der Waals surface area contributed by atoms with Crippen molar-refractivity contribution in [1.29, 1.82) is 0 Å². The van der Waals surface area contributed by atoms with Crippen LogP contribution in [0.5, 0.6) is 0 Å². The maximum absolute atomic E-state index is 11.4. The molecule has 0 atom stereocenters. The van der Waals surface area contributed by atoms with Crippen molar-refractivity contribution < 1.29 is 9.53 Å². The van der Waals surface area contributed by atoms with Crippen molar-refractivity contribution in [1.82, 2.24) is 4.98 Å². The second-order valence-corrected chi connectivity index (χ2v) is 5.82. The molecule has 0 bridgehead atoms. The fourth-order valence-corrected chi connectivity index (χ4v) is 2.40. The summed E-state index contributed by atoms with van der Waals surface area (Å²) in [4.78, 5) is 16.5. The van der Waals surface area contributed by atoms with Crippen molar-refractivity contribution in [2.75, 3.05) is 6.61 Å². The number of rotatable bonds is 9. The summed E-state index contributed by atoms with van der Waals surface area (Å²) in [6, 6.07) is 0. The van der Waals surface area contributed by atoms with Crippen LogP contribution in [0.2, 0.25) is 0 Å². The third-order valence-corrected chi connectivity index (χ3v) is 3.64. The Morgan fingerprint density at radius 3 is 2.74 bits per heavy atom. The SMILES string of the molecule is CCCCCCCCOC(=O)/C=C/c1cnc(C)s1. The number of carbonyl (C=O) groups is 1. The average molecular weight is 281 g/mol. The van der Waals surface area contributed by atoms with Gasteiger partial charge >= 0.3 is 5.97 Å². The highest BCUT2D eigenvalue weighted by Crippen LogP contribution is 2.13. The van der Waals surface area contributed by atoms with Crippen molar-refractivity contribution in [3.8, 4) is 0 Å². The van der Waals surface area contributed by atoms with Gasteiger partial charge in [-0.1, -0.05) is 39.0 Å². The Labute approximate surface area is 119 Å². The van der Waals surface area contributed by atoms with Crippen LogP contribution in [0, 0.1) is 6.92 Å². The number of thiazole rings is 1. The third-order valence-electron chi connectivity index (χ3n) is 2.77. The second-order valence-electron chi connectivity index (χ2n) is 4.55. The molecule has 1 heterocycles. The molecule has 0 saturated heterocycles. The van der Waals surface area contributed by atoms with Gasteiger partial charge in [-0.15, -0.1) is 11.3 Å². The summed E-state index contributed by atoms with van der Waals surface area (Å²) < 4.78 is 5.14. The minimum absolute atomic E-state index is 0.264. The Morgan fingerprint density at radius 2 is 2.05 bits per heavy atom. The molecule has 1 aromatic rings. The van der Waals surface area contributed by atoms with Gasteiger partial charge in [-0.05, 0) is 19.4 Å². The van der Waals surface area contributed by atoms with Crippen molar-refractivity contribution >= 4 is 23.4 Å². The number of aryl methyl sites for hydroxylation is 1. The molecule has 1 rings (SSSR count). The molecule has 0 aliphatic carbocycles. The summed E-state index contributed by atoms with van der Waals surface area (Å²) in [6.07, 6.45) is 12.2. The molecule has 0 radical (unpaired) electrons. The molecule has 0 aliphatic rings. The summed E-state index contributed by atoms with van der Waals surface area (Å²) in [7, 11) is 0. The zero-order valence-corrected chi connectivity index (χ0v) is 12.7. The molecule has 0 aromatic carbocycles. The normalized spacial score (nSPS) is 11.1. The lowest BCUT2D eigenvalue weighted by atomic mass is 10.1.